The molecular weight excluding hydrogens is 186 g/mol. The predicted octanol–water partition coefficient (Wildman–Crippen LogP) is 1.14. The molecule has 0 N–H and O–H groups in total. The summed E-state index contributed by atoms with van der Waals surface area (Å²) < 4.78 is 6.87. The molecular formula is C8H11N3O3. The third-order valence-electron chi connectivity index (χ3n) is 2.35. The molecule has 1 aliphatic heterocycles. The van der Waals surface area contributed by atoms with Crippen LogP contribution in [0.2, 0.25) is 0 Å². The van der Waals surface area contributed by atoms with Crippen LogP contribution in [0.25, 0.3) is 0 Å². The molecule has 0 unspecified atom stereocenters. The maximum atomic E-state index is 10.4. The van der Waals surface area contributed by atoms with Gasteiger partial charge in [-0.25, -0.2) is 0 Å². The lowest BCUT2D eigenvalue weighted by Gasteiger charge is -2.19. The van der Waals surface area contributed by atoms with E-state index in [0.717, 1.165) is 12.8 Å². The molecule has 14 heavy (non-hydrogen) atoms. The van der Waals surface area contributed by atoms with Gasteiger partial charge in [0.15, 0.2) is 0 Å². The normalized spacial score (nSPS) is 18.3. The topological polar surface area (TPSA) is 70.2 Å². The minimum absolute atomic E-state index is 0.0866. The number of hydrogen-bond donors (Lipinski definition) is 0. The Hall–Kier alpha value is -1.43. The fourth-order valence-electron chi connectivity index (χ4n) is 1.58. The van der Waals surface area contributed by atoms with Crippen LogP contribution in [-0.4, -0.2) is 27.9 Å². The van der Waals surface area contributed by atoms with Gasteiger partial charge in [-0.3, -0.25) is 0 Å². The van der Waals surface area contributed by atoms with Crippen molar-refractivity contribution < 1.29 is 9.66 Å². The zero-order valence-corrected chi connectivity index (χ0v) is 7.63. The molecule has 1 fully saturated rings. The summed E-state index contributed by atoms with van der Waals surface area (Å²) in [4.78, 5) is 9.93. The summed E-state index contributed by atoms with van der Waals surface area (Å²) in [6, 6.07) is 1.67. The van der Waals surface area contributed by atoms with E-state index in [1.54, 1.807) is 10.9 Å². The first-order valence-corrected chi connectivity index (χ1v) is 4.54. The molecule has 1 aromatic heterocycles. The summed E-state index contributed by atoms with van der Waals surface area (Å²) in [5.41, 5.74) is 0. The molecule has 0 radical (unpaired) electrons. The van der Waals surface area contributed by atoms with Crippen LogP contribution in [0.5, 0.6) is 0 Å². The fraction of sp³-hybridized carbons (Fsp3) is 0.625. The van der Waals surface area contributed by atoms with Crippen molar-refractivity contribution in [2.24, 2.45) is 0 Å². The van der Waals surface area contributed by atoms with Crippen molar-refractivity contribution in [3.8, 4) is 0 Å². The van der Waals surface area contributed by atoms with Crippen LogP contribution in [0.15, 0.2) is 12.3 Å². The van der Waals surface area contributed by atoms with Crippen molar-refractivity contribution in [1.82, 2.24) is 9.78 Å². The lowest BCUT2D eigenvalue weighted by Crippen LogP contribution is -2.19. The van der Waals surface area contributed by atoms with Gasteiger partial charge >= 0.3 is 5.82 Å². The summed E-state index contributed by atoms with van der Waals surface area (Å²) in [6.45, 7) is 1.41. The predicted molar refractivity (Wildman–Crippen MR) is 48.0 cm³/mol. The van der Waals surface area contributed by atoms with E-state index < -0.39 is 4.92 Å². The van der Waals surface area contributed by atoms with Crippen molar-refractivity contribution in [1.29, 1.82) is 0 Å². The zero-order chi connectivity index (χ0) is 9.97. The minimum atomic E-state index is -0.476. The SMILES string of the molecule is O=[N+]([O-])c1ccn(C2CCOCC2)n1. The molecule has 0 saturated carbocycles. The van der Waals surface area contributed by atoms with E-state index in [1.165, 1.54) is 6.07 Å². The Kier molecular flexibility index (Phi) is 2.45. The molecule has 0 spiro atoms. The number of nitro groups is 1. The Labute approximate surface area is 80.6 Å². The largest absolute Gasteiger partial charge is 0.389 e. The van der Waals surface area contributed by atoms with E-state index in [2.05, 4.69) is 5.10 Å². The second kappa shape index (κ2) is 3.75. The lowest BCUT2D eigenvalue weighted by molar-refractivity contribution is -0.389. The highest BCUT2D eigenvalue weighted by Gasteiger charge is 2.21. The molecule has 0 atom stereocenters. The van der Waals surface area contributed by atoms with Gasteiger partial charge in [0.05, 0.1) is 23.4 Å². The standard InChI is InChI=1S/C8H11N3O3/c12-11(13)8-1-4-10(9-8)7-2-5-14-6-3-7/h1,4,7H,2-3,5-6H2. The van der Waals surface area contributed by atoms with Gasteiger partial charge in [0.1, 0.15) is 0 Å². The first kappa shape index (κ1) is 9.14. The van der Waals surface area contributed by atoms with Crippen LogP contribution < -0.4 is 0 Å². The average Bonchev–Trinajstić information content (AvgIpc) is 2.68. The Morgan fingerprint density at radius 2 is 2.29 bits per heavy atom. The maximum Gasteiger partial charge on any atom is 0.389 e. The number of hydrogen-bond acceptors (Lipinski definition) is 4. The summed E-state index contributed by atoms with van der Waals surface area (Å²) in [5.74, 6) is -0.0866. The van der Waals surface area contributed by atoms with E-state index in [9.17, 15) is 10.1 Å². The van der Waals surface area contributed by atoms with Gasteiger partial charge in [0, 0.05) is 13.2 Å². The zero-order valence-electron chi connectivity index (χ0n) is 7.63. The van der Waals surface area contributed by atoms with Crippen LogP contribution in [0.3, 0.4) is 0 Å². The van der Waals surface area contributed by atoms with E-state index in [4.69, 9.17) is 4.74 Å². The Balaban J connectivity index is 2.11. The van der Waals surface area contributed by atoms with E-state index in [0.29, 0.717) is 13.2 Å². The van der Waals surface area contributed by atoms with Gasteiger partial charge in [-0.05, 0) is 17.8 Å². The van der Waals surface area contributed by atoms with Crippen molar-refractivity contribution >= 4 is 5.82 Å². The van der Waals surface area contributed by atoms with Crippen LogP contribution in [0.1, 0.15) is 18.9 Å². The smallest absolute Gasteiger partial charge is 0.381 e. The summed E-state index contributed by atoms with van der Waals surface area (Å²) in [6.07, 6.45) is 3.41. The third kappa shape index (κ3) is 1.74. The molecule has 2 heterocycles. The Morgan fingerprint density at radius 3 is 2.86 bits per heavy atom. The van der Waals surface area contributed by atoms with Gasteiger partial charge in [-0.15, -0.1) is 0 Å². The first-order valence-electron chi connectivity index (χ1n) is 4.54. The molecule has 1 saturated heterocycles. The van der Waals surface area contributed by atoms with Gasteiger partial charge in [0.25, 0.3) is 0 Å². The Bertz CT molecular complexity index is 330. The second-order valence-corrected chi connectivity index (χ2v) is 3.25. The molecule has 6 heteroatoms. The van der Waals surface area contributed by atoms with E-state index in [-0.39, 0.29) is 11.9 Å². The quantitative estimate of drug-likeness (QED) is 0.526. The average molecular weight is 197 g/mol. The lowest BCUT2D eigenvalue weighted by atomic mass is 10.1. The minimum Gasteiger partial charge on any atom is -0.381 e. The number of aromatic nitrogens is 2. The second-order valence-electron chi connectivity index (χ2n) is 3.25. The van der Waals surface area contributed by atoms with Crippen molar-refractivity contribution in [2.45, 2.75) is 18.9 Å². The van der Waals surface area contributed by atoms with Crippen molar-refractivity contribution in [3.63, 3.8) is 0 Å². The fourth-order valence-corrected chi connectivity index (χ4v) is 1.58. The molecule has 0 aromatic carbocycles. The molecule has 1 aromatic rings. The summed E-state index contributed by atoms with van der Waals surface area (Å²) in [5, 5.41) is 14.3. The molecule has 0 bridgehead atoms. The number of ether oxygens (including phenoxy) is 1. The van der Waals surface area contributed by atoms with Gasteiger partial charge in [-0.1, -0.05) is 0 Å². The van der Waals surface area contributed by atoms with Crippen LogP contribution in [0.4, 0.5) is 5.82 Å². The van der Waals surface area contributed by atoms with Gasteiger partial charge < -0.3 is 14.9 Å². The summed E-state index contributed by atoms with van der Waals surface area (Å²) in [7, 11) is 0. The van der Waals surface area contributed by atoms with Crippen LogP contribution in [0, 0.1) is 10.1 Å². The van der Waals surface area contributed by atoms with Crippen molar-refractivity contribution in [2.75, 3.05) is 13.2 Å². The molecule has 0 amide bonds. The number of rotatable bonds is 2. The van der Waals surface area contributed by atoms with E-state index >= 15 is 0 Å². The monoisotopic (exact) mass is 197 g/mol. The summed E-state index contributed by atoms with van der Waals surface area (Å²) >= 11 is 0. The first-order chi connectivity index (χ1) is 6.77. The molecule has 2 rings (SSSR count). The van der Waals surface area contributed by atoms with Crippen molar-refractivity contribution in [3.05, 3.63) is 22.4 Å². The molecule has 1 aliphatic rings. The number of nitrogens with zero attached hydrogens (tertiary/aromatic N) is 3. The highest BCUT2D eigenvalue weighted by atomic mass is 16.6. The van der Waals surface area contributed by atoms with E-state index in [1.807, 2.05) is 0 Å². The van der Waals surface area contributed by atoms with Crippen LogP contribution in [-0.2, 0) is 4.74 Å². The van der Waals surface area contributed by atoms with Gasteiger partial charge in [-0.2, -0.15) is 4.68 Å². The molecule has 76 valence electrons. The molecule has 6 nitrogen and oxygen atoms in total. The molecule has 0 aliphatic carbocycles. The highest BCUT2D eigenvalue weighted by Crippen LogP contribution is 2.21. The third-order valence-corrected chi connectivity index (χ3v) is 2.35. The highest BCUT2D eigenvalue weighted by molar-refractivity contribution is 5.14. The maximum absolute atomic E-state index is 10.4. The van der Waals surface area contributed by atoms with Crippen LogP contribution >= 0.6 is 0 Å². The Morgan fingerprint density at radius 1 is 1.57 bits per heavy atom. The van der Waals surface area contributed by atoms with Gasteiger partial charge in [0.2, 0.25) is 0 Å².